The number of nitrogens with zero attached hydrogens (tertiary/aromatic N) is 4. The van der Waals surface area contributed by atoms with Crippen molar-refractivity contribution in [2.75, 3.05) is 13.1 Å². The Kier molecular flexibility index (Phi) is 5.55. The summed E-state index contributed by atoms with van der Waals surface area (Å²) >= 11 is 0. The van der Waals surface area contributed by atoms with Crippen LogP contribution in [0.4, 0.5) is 5.69 Å². The number of aryl methyl sites for hydroxylation is 1. The molecule has 0 spiro atoms. The van der Waals surface area contributed by atoms with Gasteiger partial charge in [0.1, 0.15) is 17.7 Å². The summed E-state index contributed by atoms with van der Waals surface area (Å²) in [6.45, 7) is 4.80. The van der Waals surface area contributed by atoms with Gasteiger partial charge >= 0.3 is 0 Å². The highest BCUT2D eigenvalue weighted by molar-refractivity contribution is 5.36. The molecule has 3 rings (SSSR count). The van der Waals surface area contributed by atoms with E-state index in [-0.39, 0.29) is 11.8 Å². The molecule has 25 heavy (non-hydrogen) atoms. The second kappa shape index (κ2) is 8.02. The van der Waals surface area contributed by atoms with Crippen LogP contribution in [0.5, 0.6) is 5.75 Å². The van der Waals surface area contributed by atoms with Crippen LogP contribution in [0.1, 0.15) is 31.2 Å². The number of rotatable bonds is 6. The van der Waals surface area contributed by atoms with Gasteiger partial charge in [0.2, 0.25) is 0 Å². The molecule has 1 aliphatic rings. The number of hydrogen-bond donors (Lipinski definition) is 0. The van der Waals surface area contributed by atoms with Gasteiger partial charge in [-0.05, 0) is 25.0 Å². The first-order valence-corrected chi connectivity index (χ1v) is 8.57. The van der Waals surface area contributed by atoms with Crippen molar-refractivity contribution in [1.82, 2.24) is 14.9 Å². The molecule has 1 aliphatic heterocycles. The van der Waals surface area contributed by atoms with Gasteiger partial charge in [0, 0.05) is 56.1 Å². The summed E-state index contributed by atoms with van der Waals surface area (Å²) in [6, 6.07) is 6.28. The molecule has 1 saturated heterocycles. The quantitative estimate of drug-likeness (QED) is 0.593. The summed E-state index contributed by atoms with van der Waals surface area (Å²) < 4.78 is 5.94. The Morgan fingerprint density at radius 3 is 2.40 bits per heavy atom. The van der Waals surface area contributed by atoms with Gasteiger partial charge in [0.05, 0.1) is 4.92 Å². The fraction of sp³-hybridized carbons (Fsp3) is 0.444. The van der Waals surface area contributed by atoms with Crippen molar-refractivity contribution in [3.63, 3.8) is 0 Å². The van der Waals surface area contributed by atoms with E-state index in [2.05, 4.69) is 14.9 Å². The van der Waals surface area contributed by atoms with E-state index >= 15 is 0 Å². The summed E-state index contributed by atoms with van der Waals surface area (Å²) in [7, 11) is 0. The average Bonchev–Trinajstić information content (AvgIpc) is 2.64. The summed E-state index contributed by atoms with van der Waals surface area (Å²) in [5.74, 6) is 1.56. The Morgan fingerprint density at radius 2 is 1.84 bits per heavy atom. The highest BCUT2D eigenvalue weighted by Crippen LogP contribution is 2.22. The van der Waals surface area contributed by atoms with Gasteiger partial charge in [-0.2, -0.15) is 0 Å². The summed E-state index contributed by atoms with van der Waals surface area (Å²) in [4.78, 5) is 21.3. The van der Waals surface area contributed by atoms with E-state index in [1.165, 1.54) is 12.1 Å². The fourth-order valence-electron chi connectivity index (χ4n) is 2.93. The third kappa shape index (κ3) is 4.73. The molecule has 0 N–H and O–H groups in total. The topological polar surface area (TPSA) is 81.4 Å². The minimum absolute atomic E-state index is 0.0819. The van der Waals surface area contributed by atoms with Crippen LogP contribution in [0.15, 0.2) is 36.7 Å². The predicted molar refractivity (Wildman–Crippen MR) is 93.4 cm³/mol. The van der Waals surface area contributed by atoms with Gasteiger partial charge < -0.3 is 4.74 Å². The van der Waals surface area contributed by atoms with Crippen LogP contribution in [0, 0.1) is 10.1 Å². The molecule has 0 saturated carbocycles. The van der Waals surface area contributed by atoms with Crippen LogP contribution in [0.2, 0.25) is 0 Å². The molecule has 0 bridgehead atoms. The second-order valence-electron chi connectivity index (χ2n) is 6.21. The second-order valence-corrected chi connectivity index (χ2v) is 6.21. The van der Waals surface area contributed by atoms with E-state index in [1.54, 1.807) is 12.1 Å². The number of nitro groups is 1. The van der Waals surface area contributed by atoms with Crippen molar-refractivity contribution in [2.24, 2.45) is 0 Å². The molecule has 7 nitrogen and oxygen atoms in total. The molecule has 1 aromatic carbocycles. The molecular formula is C18H22N4O3. The van der Waals surface area contributed by atoms with E-state index in [0.29, 0.717) is 5.75 Å². The lowest BCUT2D eigenvalue weighted by atomic mass is 10.1. The minimum Gasteiger partial charge on any atom is -0.490 e. The highest BCUT2D eigenvalue weighted by atomic mass is 16.6. The zero-order chi connectivity index (χ0) is 17.6. The van der Waals surface area contributed by atoms with Crippen LogP contribution in [0.25, 0.3) is 0 Å². The molecule has 0 aliphatic carbocycles. The first-order chi connectivity index (χ1) is 12.1. The first-order valence-electron chi connectivity index (χ1n) is 8.57. The van der Waals surface area contributed by atoms with Crippen LogP contribution in [-0.4, -0.2) is 39.0 Å². The molecule has 7 heteroatoms. The number of likely N-dealkylation sites (tertiary alicyclic amines) is 1. The smallest absolute Gasteiger partial charge is 0.269 e. The SMILES string of the molecule is CCc1ncc(CN2CCC(Oc3ccc([N+](=O)[O-])cc3)CC2)cn1. The minimum atomic E-state index is -0.404. The first kappa shape index (κ1) is 17.3. The lowest BCUT2D eigenvalue weighted by Gasteiger charge is -2.32. The van der Waals surface area contributed by atoms with Crippen LogP contribution in [-0.2, 0) is 13.0 Å². The Labute approximate surface area is 146 Å². The number of benzene rings is 1. The lowest BCUT2D eigenvalue weighted by molar-refractivity contribution is -0.384. The zero-order valence-corrected chi connectivity index (χ0v) is 14.3. The van der Waals surface area contributed by atoms with E-state index in [9.17, 15) is 10.1 Å². The highest BCUT2D eigenvalue weighted by Gasteiger charge is 2.21. The van der Waals surface area contributed by atoms with Crippen LogP contribution < -0.4 is 4.74 Å². The molecule has 0 atom stereocenters. The standard InChI is InChI=1S/C18H22N4O3/c1-2-18-19-11-14(12-20-18)13-21-9-7-17(8-10-21)25-16-5-3-15(4-6-16)22(23)24/h3-6,11-12,17H,2,7-10,13H2,1H3. The van der Waals surface area contributed by atoms with E-state index in [1.807, 2.05) is 19.3 Å². The van der Waals surface area contributed by atoms with E-state index in [0.717, 1.165) is 50.3 Å². The monoisotopic (exact) mass is 342 g/mol. The third-order valence-electron chi connectivity index (χ3n) is 4.37. The van der Waals surface area contributed by atoms with E-state index in [4.69, 9.17) is 4.74 Å². The van der Waals surface area contributed by atoms with Gasteiger partial charge in [-0.15, -0.1) is 0 Å². The average molecular weight is 342 g/mol. The van der Waals surface area contributed by atoms with Crippen LogP contribution >= 0.6 is 0 Å². The predicted octanol–water partition coefficient (Wildman–Crippen LogP) is 2.99. The van der Waals surface area contributed by atoms with Gasteiger partial charge in [-0.25, -0.2) is 9.97 Å². The molecule has 0 amide bonds. The number of piperidine rings is 1. The number of hydrogen-bond acceptors (Lipinski definition) is 6. The Bertz CT molecular complexity index is 695. The summed E-state index contributed by atoms with van der Waals surface area (Å²) in [5.41, 5.74) is 1.21. The molecule has 2 aromatic rings. The molecule has 1 fully saturated rings. The maximum Gasteiger partial charge on any atom is 0.269 e. The molecular weight excluding hydrogens is 320 g/mol. The van der Waals surface area contributed by atoms with Gasteiger partial charge in [0.15, 0.2) is 0 Å². The van der Waals surface area contributed by atoms with Crippen molar-refractivity contribution >= 4 is 5.69 Å². The van der Waals surface area contributed by atoms with Crippen LogP contribution in [0.3, 0.4) is 0 Å². The Balaban J connectivity index is 1.47. The molecule has 0 radical (unpaired) electrons. The van der Waals surface area contributed by atoms with Gasteiger partial charge in [-0.1, -0.05) is 6.92 Å². The van der Waals surface area contributed by atoms with Crippen molar-refractivity contribution in [2.45, 2.75) is 38.8 Å². The third-order valence-corrected chi connectivity index (χ3v) is 4.37. The van der Waals surface area contributed by atoms with Crippen molar-refractivity contribution in [1.29, 1.82) is 0 Å². The van der Waals surface area contributed by atoms with Gasteiger partial charge in [0.25, 0.3) is 5.69 Å². The van der Waals surface area contributed by atoms with Crippen molar-refractivity contribution in [3.8, 4) is 5.75 Å². The van der Waals surface area contributed by atoms with Gasteiger partial charge in [-0.3, -0.25) is 15.0 Å². The van der Waals surface area contributed by atoms with Crippen molar-refractivity contribution in [3.05, 3.63) is 58.2 Å². The Morgan fingerprint density at radius 1 is 1.20 bits per heavy atom. The summed E-state index contributed by atoms with van der Waals surface area (Å²) in [6.07, 6.45) is 6.69. The molecule has 0 unspecified atom stereocenters. The number of non-ortho nitro benzene ring substituents is 1. The number of nitro benzene ring substituents is 1. The maximum absolute atomic E-state index is 10.7. The molecule has 132 valence electrons. The number of aromatic nitrogens is 2. The van der Waals surface area contributed by atoms with E-state index < -0.39 is 4.92 Å². The summed E-state index contributed by atoms with van der Waals surface area (Å²) in [5, 5.41) is 10.7. The largest absolute Gasteiger partial charge is 0.490 e. The normalized spacial score (nSPS) is 15.9. The Hall–Kier alpha value is -2.54. The lowest BCUT2D eigenvalue weighted by Crippen LogP contribution is -2.37. The fourth-order valence-corrected chi connectivity index (χ4v) is 2.93. The molecule has 1 aromatic heterocycles. The zero-order valence-electron chi connectivity index (χ0n) is 14.3. The number of ether oxygens (including phenoxy) is 1. The maximum atomic E-state index is 10.7. The molecule has 2 heterocycles. The van der Waals surface area contributed by atoms with Crippen molar-refractivity contribution < 1.29 is 9.66 Å².